The van der Waals surface area contributed by atoms with Gasteiger partial charge in [-0.05, 0) is 30.3 Å². The Morgan fingerprint density at radius 2 is 1.70 bits per heavy atom. The van der Waals surface area contributed by atoms with Crippen molar-refractivity contribution in [2.45, 2.75) is 0 Å². The average Bonchev–Trinajstić information content (AvgIpc) is 2.84. The van der Waals surface area contributed by atoms with Gasteiger partial charge in [-0.1, -0.05) is 18.2 Å². The number of anilines is 1. The lowest BCUT2D eigenvalue weighted by Gasteiger charge is -2.14. The van der Waals surface area contributed by atoms with Crippen LogP contribution in [0.4, 0.5) is 5.69 Å². The molecule has 2 aromatic rings. The number of hydrogen-bond donors (Lipinski definition) is 0. The molecule has 112 valence electrons. The second-order valence-electron chi connectivity index (χ2n) is 4.78. The molecule has 1 aliphatic heterocycles. The van der Waals surface area contributed by atoms with Crippen molar-refractivity contribution in [2.24, 2.45) is 0 Å². The van der Waals surface area contributed by atoms with Crippen molar-refractivity contribution in [3.63, 3.8) is 0 Å². The Morgan fingerprint density at radius 1 is 1.04 bits per heavy atom. The van der Waals surface area contributed by atoms with Gasteiger partial charge in [-0.15, -0.1) is 0 Å². The minimum absolute atomic E-state index is 0.161. The zero-order chi connectivity index (χ0) is 16.4. The van der Waals surface area contributed by atoms with Crippen LogP contribution < -0.4 is 4.90 Å². The van der Waals surface area contributed by atoms with Gasteiger partial charge in [0.2, 0.25) is 0 Å². The van der Waals surface area contributed by atoms with Crippen LogP contribution in [0, 0.1) is 11.3 Å². The van der Waals surface area contributed by atoms with Crippen LogP contribution in [0.5, 0.6) is 0 Å². The van der Waals surface area contributed by atoms with Gasteiger partial charge in [0.25, 0.3) is 11.8 Å². The number of esters is 1. The zero-order valence-electron chi connectivity index (χ0n) is 11.9. The van der Waals surface area contributed by atoms with Crippen LogP contribution in [0.3, 0.4) is 0 Å². The van der Waals surface area contributed by atoms with E-state index >= 15 is 0 Å². The van der Waals surface area contributed by atoms with Gasteiger partial charge in [-0.2, -0.15) is 5.26 Å². The fourth-order valence-electron chi connectivity index (χ4n) is 2.38. The average molecular weight is 306 g/mol. The van der Waals surface area contributed by atoms with Crippen molar-refractivity contribution >= 4 is 23.5 Å². The summed E-state index contributed by atoms with van der Waals surface area (Å²) < 4.78 is 4.72. The molecule has 0 N–H and O–H groups in total. The molecule has 1 heterocycles. The van der Waals surface area contributed by atoms with E-state index in [1.165, 1.54) is 12.1 Å². The Labute approximate surface area is 131 Å². The van der Waals surface area contributed by atoms with Crippen molar-refractivity contribution < 1.29 is 19.1 Å². The number of benzene rings is 2. The van der Waals surface area contributed by atoms with Crippen LogP contribution in [0.2, 0.25) is 0 Å². The van der Waals surface area contributed by atoms with Gasteiger partial charge in [-0.3, -0.25) is 9.59 Å². The highest BCUT2D eigenvalue weighted by Gasteiger charge is 2.36. The standard InChI is InChI=1S/C17H10N2O4/c18-8-9-23-17(22)11-4-3-5-12(10-11)19-15(20)13-6-1-2-7-14(13)16(19)21/h1-7,10H,9H2. The van der Waals surface area contributed by atoms with Gasteiger partial charge in [0.05, 0.1) is 22.4 Å². The number of fused-ring (bicyclic) bond motifs is 1. The number of carbonyl (C=O) groups excluding carboxylic acids is 3. The van der Waals surface area contributed by atoms with Gasteiger partial charge < -0.3 is 4.74 Å². The number of ether oxygens (including phenoxy) is 1. The molecule has 0 saturated carbocycles. The smallest absolute Gasteiger partial charge is 0.339 e. The Bertz CT molecular complexity index is 832. The number of nitrogens with zero attached hydrogens (tertiary/aromatic N) is 2. The first-order valence-corrected chi connectivity index (χ1v) is 6.75. The fraction of sp³-hybridized carbons (Fsp3) is 0.0588. The highest BCUT2D eigenvalue weighted by atomic mass is 16.5. The maximum Gasteiger partial charge on any atom is 0.339 e. The normalized spacial score (nSPS) is 12.7. The van der Waals surface area contributed by atoms with E-state index in [2.05, 4.69) is 0 Å². The summed E-state index contributed by atoms with van der Waals surface area (Å²) in [6.07, 6.45) is 0. The highest BCUT2D eigenvalue weighted by Crippen LogP contribution is 2.28. The van der Waals surface area contributed by atoms with E-state index in [9.17, 15) is 14.4 Å². The first-order chi connectivity index (χ1) is 11.1. The molecule has 2 amide bonds. The quantitative estimate of drug-likeness (QED) is 0.640. The SMILES string of the molecule is N#CCOC(=O)c1cccc(N2C(=O)c3ccccc3C2=O)c1. The molecular formula is C17H10N2O4. The largest absolute Gasteiger partial charge is 0.447 e. The summed E-state index contributed by atoms with van der Waals surface area (Å²) in [5.41, 5.74) is 1.10. The van der Waals surface area contributed by atoms with Crippen LogP contribution in [0.1, 0.15) is 31.1 Å². The summed E-state index contributed by atoms with van der Waals surface area (Å²) in [6.45, 7) is -0.365. The Balaban J connectivity index is 1.95. The predicted molar refractivity (Wildman–Crippen MR) is 79.9 cm³/mol. The van der Waals surface area contributed by atoms with Crippen LogP contribution in [-0.4, -0.2) is 24.4 Å². The lowest BCUT2D eigenvalue weighted by Crippen LogP contribution is -2.29. The third-order valence-electron chi connectivity index (χ3n) is 3.40. The number of imide groups is 1. The van der Waals surface area contributed by atoms with Gasteiger partial charge in [0.1, 0.15) is 6.07 Å². The molecule has 0 fully saturated rings. The van der Waals surface area contributed by atoms with Crippen LogP contribution in [0.25, 0.3) is 0 Å². The Hall–Kier alpha value is -3.46. The van der Waals surface area contributed by atoms with E-state index < -0.39 is 17.8 Å². The molecule has 0 atom stereocenters. The second-order valence-corrected chi connectivity index (χ2v) is 4.78. The number of rotatable bonds is 3. The molecule has 0 bridgehead atoms. The van der Waals surface area contributed by atoms with Crippen molar-refractivity contribution in [2.75, 3.05) is 11.5 Å². The van der Waals surface area contributed by atoms with Crippen LogP contribution >= 0.6 is 0 Å². The van der Waals surface area contributed by atoms with Gasteiger partial charge >= 0.3 is 5.97 Å². The molecule has 0 aliphatic carbocycles. The lowest BCUT2D eigenvalue weighted by molar-refractivity contribution is 0.0554. The van der Waals surface area contributed by atoms with Crippen LogP contribution in [0.15, 0.2) is 48.5 Å². The topological polar surface area (TPSA) is 87.5 Å². The summed E-state index contributed by atoms with van der Waals surface area (Å²) in [7, 11) is 0. The Kier molecular flexibility index (Phi) is 3.61. The molecule has 1 aliphatic rings. The van der Waals surface area contributed by atoms with E-state index in [1.807, 2.05) is 0 Å². The zero-order valence-corrected chi connectivity index (χ0v) is 11.9. The predicted octanol–water partition coefficient (Wildman–Crippen LogP) is 2.17. The summed E-state index contributed by atoms with van der Waals surface area (Å²) in [5.74, 6) is -1.56. The Morgan fingerprint density at radius 3 is 2.30 bits per heavy atom. The molecule has 6 heteroatoms. The maximum atomic E-state index is 12.4. The summed E-state index contributed by atoms with van der Waals surface area (Å²) in [4.78, 5) is 37.6. The van der Waals surface area contributed by atoms with Gasteiger partial charge in [0.15, 0.2) is 6.61 Å². The number of nitriles is 1. The first kappa shape index (κ1) is 14.5. The molecule has 23 heavy (non-hydrogen) atoms. The first-order valence-electron chi connectivity index (χ1n) is 6.75. The van der Waals surface area contributed by atoms with E-state index in [-0.39, 0.29) is 17.9 Å². The van der Waals surface area contributed by atoms with Crippen LogP contribution in [-0.2, 0) is 4.74 Å². The second kappa shape index (κ2) is 5.73. The highest BCUT2D eigenvalue weighted by molar-refractivity contribution is 6.34. The fourth-order valence-corrected chi connectivity index (χ4v) is 2.38. The van der Waals surface area contributed by atoms with E-state index in [4.69, 9.17) is 10.00 Å². The third kappa shape index (κ3) is 2.45. The molecule has 3 rings (SSSR count). The third-order valence-corrected chi connectivity index (χ3v) is 3.40. The molecule has 6 nitrogen and oxygen atoms in total. The van der Waals surface area contributed by atoms with E-state index in [0.29, 0.717) is 11.1 Å². The molecule has 0 radical (unpaired) electrons. The van der Waals surface area contributed by atoms with E-state index in [0.717, 1.165) is 4.90 Å². The number of carbonyl (C=O) groups is 3. The summed E-state index contributed by atoms with van der Waals surface area (Å²) in [6, 6.07) is 14.2. The summed E-state index contributed by atoms with van der Waals surface area (Å²) >= 11 is 0. The number of amides is 2. The van der Waals surface area contributed by atoms with E-state index in [1.54, 1.807) is 42.5 Å². The minimum Gasteiger partial charge on any atom is -0.447 e. The molecule has 2 aromatic carbocycles. The number of hydrogen-bond acceptors (Lipinski definition) is 5. The van der Waals surface area contributed by atoms with Crippen molar-refractivity contribution in [3.8, 4) is 6.07 Å². The molecule has 0 unspecified atom stereocenters. The molecule has 0 aromatic heterocycles. The minimum atomic E-state index is -0.690. The lowest BCUT2D eigenvalue weighted by atomic mass is 10.1. The molecule has 0 saturated heterocycles. The maximum absolute atomic E-state index is 12.4. The van der Waals surface area contributed by atoms with Gasteiger partial charge in [-0.25, -0.2) is 9.69 Å². The molecule has 0 spiro atoms. The van der Waals surface area contributed by atoms with Gasteiger partial charge in [0, 0.05) is 0 Å². The van der Waals surface area contributed by atoms with Crippen molar-refractivity contribution in [1.82, 2.24) is 0 Å². The van der Waals surface area contributed by atoms with Crippen molar-refractivity contribution in [1.29, 1.82) is 5.26 Å². The monoisotopic (exact) mass is 306 g/mol. The van der Waals surface area contributed by atoms with Crippen molar-refractivity contribution in [3.05, 3.63) is 65.2 Å². The summed E-state index contributed by atoms with van der Waals surface area (Å²) in [5, 5.41) is 8.43. The molecular weight excluding hydrogens is 296 g/mol.